The van der Waals surface area contributed by atoms with Crippen LogP contribution in [-0.2, 0) is 32.2 Å². The molecule has 1 aliphatic rings. The molecular formula is C29H36O4. The van der Waals surface area contributed by atoms with Crippen molar-refractivity contribution in [1.82, 2.24) is 0 Å². The Kier molecular flexibility index (Phi) is 10.4. The highest BCUT2D eigenvalue weighted by molar-refractivity contribution is 5.71. The molecule has 3 rings (SSSR count). The van der Waals surface area contributed by atoms with Crippen LogP contribution in [0.15, 0.2) is 85.5 Å². The summed E-state index contributed by atoms with van der Waals surface area (Å²) in [5, 5.41) is 0. The third kappa shape index (κ3) is 7.99. The molecule has 0 amide bonds. The average Bonchev–Trinajstić information content (AvgIpc) is 3.17. The fourth-order valence-corrected chi connectivity index (χ4v) is 4.62. The number of allylic oxidation sites excluding steroid dienone is 2. The molecule has 0 radical (unpaired) electrons. The summed E-state index contributed by atoms with van der Waals surface area (Å²) in [6.07, 6.45) is 7.46. The quantitative estimate of drug-likeness (QED) is 0.279. The molecule has 4 atom stereocenters. The van der Waals surface area contributed by atoms with Crippen LogP contribution < -0.4 is 0 Å². The van der Waals surface area contributed by atoms with Crippen molar-refractivity contribution >= 4 is 5.97 Å². The minimum atomic E-state index is -0.188. The molecule has 1 aliphatic carbocycles. The molecule has 0 N–H and O–H groups in total. The first kappa shape index (κ1) is 24.9. The molecule has 176 valence electrons. The van der Waals surface area contributed by atoms with Gasteiger partial charge >= 0.3 is 5.97 Å². The molecule has 1 saturated carbocycles. The first-order valence-corrected chi connectivity index (χ1v) is 11.9. The summed E-state index contributed by atoms with van der Waals surface area (Å²) in [5.74, 6) is 1.09. The zero-order chi connectivity index (χ0) is 23.3. The normalized spacial score (nSPS) is 22.5. The molecule has 4 nitrogen and oxygen atoms in total. The number of carbonyl (C=O) groups excluding carboxylic acids is 1. The summed E-state index contributed by atoms with van der Waals surface area (Å²) in [6.45, 7) is 8.82. The van der Waals surface area contributed by atoms with Gasteiger partial charge in [-0.2, -0.15) is 0 Å². The first-order valence-electron chi connectivity index (χ1n) is 11.9. The van der Waals surface area contributed by atoms with Crippen LogP contribution in [-0.4, -0.2) is 25.8 Å². The highest BCUT2D eigenvalue weighted by Gasteiger charge is 2.40. The van der Waals surface area contributed by atoms with E-state index in [4.69, 9.17) is 14.2 Å². The van der Waals surface area contributed by atoms with E-state index in [1.807, 2.05) is 49.4 Å². The number of ether oxygens (including phenoxy) is 3. The summed E-state index contributed by atoms with van der Waals surface area (Å²) >= 11 is 0. The fraction of sp³-hybridized carbons (Fsp3) is 0.414. The summed E-state index contributed by atoms with van der Waals surface area (Å²) < 4.78 is 17.4. The Morgan fingerprint density at radius 3 is 1.97 bits per heavy atom. The van der Waals surface area contributed by atoms with Gasteiger partial charge in [0.05, 0.1) is 39.5 Å². The standard InChI is InChI=1S/C29H36O4/c1-3-25-18-26(16-11-17-29(30)33-4-2)28(22-32-20-24-14-9-6-10-15-24)27(25)21-31-19-23-12-7-5-8-13-23/h3,5-16,25-28H,1,4,17-22H2,2H3/b16-11-/t25-,26+,27-,28+/m0/s1. The minimum Gasteiger partial charge on any atom is -0.466 e. The molecular weight excluding hydrogens is 412 g/mol. The number of hydrogen-bond acceptors (Lipinski definition) is 4. The maximum absolute atomic E-state index is 11.8. The summed E-state index contributed by atoms with van der Waals surface area (Å²) in [5.41, 5.74) is 2.34. The minimum absolute atomic E-state index is 0.188. The van der Waals surface area contributed by atoms with Crippen LogP contribution in [0, 0.1) is 23.7 Å². The van der Waals surface area contributed by atoms with Crippen molar-refractivity contribution in [3.05, 3.63) is 96.6 Å². The summed E-state index contributed by atoms with van der Waals surface area (Å²) in [7, 11) is 0. The van der Waals surface area contributed by atoms with Gasteiger partial charge in [-0.25, -0.2) is 0 Å². The van der Waals surface area contributed by atoms with E-state index in [0.717, 1.165) is 6.42 Å². The fourth-order valence-electron chi connectivity index (χ4n) is 4.62. The van der Waals surface area contributed by atoms with Crippen LogP contribution in [0.2, 0.25) is 0 Å². The van der Waals surface area contributed by atoms with Crippen molar-refractivity contribution < 1.29 is 19.0 Å². The monoisotopic (exact) mass is 448 g/mol. The number of hydrogen-bond donors (Lipinski definition) is 0. The third-order valence-corrected chi connectivity index (χ3v) is 6.31. The smallest absolute Gasteiger partial charge is 0.309 e. The highest BCUT2D eigenvalue weighted by atomic mass is 16.5. The lowest BCUT2D eigenvalue weighted by atomic mass is 9.87. The maximum atomic E-state index is 11.8. The molecule has 2 aromatic carbocycles. The van der Waals surface area contributed by atoms with Crippen LogP contribution in [0.25, 0.3) is 0 Å². The van der Waals surface area contributed by atoms with Gasteiger partial charge in [0, 0.05) is 0 Å². The Morgan fingerprint density at radius 1 is 0.909 bits per heavy atom. The number of rotatable bonds is 13. The van der Waals surface area contributed by atoms with Gasteiger partial charge in [0.25, 0.3) is 0 Å². The lowest BCUT2D eigenvalue weighted by Gasteiger charge is -2.25. The molecule has 33 heavy (non-hydrogen) atoms. The van der Waals surface area contributed by atoms with Gasteiger partial charge < -0.3 is 14.2 Å². The van der Waals surface area contributed by atoms with E-state index in [1.165, 1.54) is 11.1 Å². The van der Waals surface area contributed by atoms with E-state index >= 15 is 0 Å². The Labute approximate surface area is 198 Å². The second-order valence-corrected chi connectivity index (χ2v) is 8.57. The van der Waals surface area contributed by atoms with Gasteiger partial charge in [-0.05, 0) is 48.1 Å². The van der Waals surface area contributed by atoms with Crippen LogP contribution in [0.5, 0.6) is 0 Å². The number of carbonyl (C=O) groups is 1. The summed E-state index contributed by atoms with van der Waals surface area (Å²) in [6, 6.07) is 20.5. The van der Waals surface area contributed by atoms with Gasteiger partial charge in [-0.15, -0.1) is 6.58 Å². The van der Waals surface area contributed by atoms with Crippen LogP contribution in [0.1, 0.15) is 30.9 Å². The van der Waals surface area contributed by atoms with Crippen LogP contribution >= 0.6 is 0 Å². The largest absolute Gasteiger partial charge is 0.466 e. The molecule has 1 fully saturated rings. The maximum Gasteiger partial charge on any atom is 0.309 e. The Bertz CT molecular complexity index is 862. The molecule has 0 unspecified atom stereocenters. The van der Waals surface area contributed by atoms with Gasteiger partial charge in [0.15, 0.2) is 0 Å². The first-order chi connectivity index (χ1) is 16.2. The predicted octanol–water partition coefficient (Wildman–Crippen LogP) is 5.98. The van der Waals surface area contributed by atoms with Gasteiger partial charge in [0.2, 0.25) is 0 Å². The van der Waals surface area contributed by atoms with Gasteiger partial charge in [0.1, 0.15) is 0 Å². The summed E-state index contributed by atoms with van der Waals surface area (Å²) in [4.78, 5) is 11.8. The van der Waals surface area contributed by atoms with E-state index in [9.17, 15) is 4.79 Å². The molecule has 0 aromatic heterocycles. The Morgan fingerprint density at radius 2 is 1.45 bits per heavy atom. The van der Waals surface area contributed by atoms with Crippen molar-refractivity contribution in [3.63, 3.8) is 0 Å². The van der Waals surface area contributed by atoms with Crippen molar-refractivity contribution in [2.75, 3.05) is 19.8 Å². The number of benzene rings is 2. The molecule has 0 bridgehead atoms. The molecule has 2 aromatic rings. The van der Waals surface area contributed by atoms with Crippen molar-refractivity contribution in [3.8, 4) is 0 Å². The predicted molar refractivity (Wildman–Crippen MR) is 131 cm³/mol. The van der Waals surface area contributed by atoms with E-state index in [1.54, 1.807) is 0 Å². The van der Waals surface area contributed by atoms with Gasteiger partial charge in [-0.1, -0.05) is 78.9 Å². The molecule has 4 heteroatoms. The molecule has 0 saturated heterocycles. The van der Waals surface area contributed by atoms with Crippen LogP contribution in [0.3, 0.4) is 0 Å². The third-order valence-electron chi connectivity index (χ3n) is 6.31. The average molecular weight is 449 g/mol. The highest BCUT2D eigenvalue weighted by Crippen LogP contribution is 2.43. The Balaban J connectivity index is 1.64. The number of esters is 1. The van der Waals surface area contributed by atoms with E-state index in [-0.39, 0.29) is 5.97 Å². The second kappa shape index (κ2) is 13.8. The zero-order valence-corrected chi connectivity index (χ0v) is 19.6. The zero-order valence-electron chi connectivity index (χ0n) is 19.6. The SMILES string of the molecule is C=C[C@H]1C[C@@H](/C=C\CC(=O)OCC)[C@@H](COCc2ccccc2)[C@H]1COCc1ccccc1. The van der Waals surface area contributed by atoms with Crippen molar-refractivity contribution in [2.24, 2.45) is 23.7 Å². The van der Waals surface area contributed by atoms with Crippen molar-refractivity contribution in [2.45, 2.75) is 33.0 Å². The lowest BCUT2D eigenvalue weighted by molar-refractivity contribution is -0.142. The Hall–Kier alpha value is -2.69. The topological polar surface area (TPSA) is 44.8 Å². The molecule has 0 spiro atoms. The molecule has 0 aliphatic heterocycles. The second-order valence-electron chi connectivity index (χ2n) is 8.57. The lowest BCUT2D eigenvalue weighted by Crippen LogP contribution is -2.26. The van der Waals surface area contributed by atoms with E-state index in [2.05, 4.69) is 43.0 Å². The van der Waals surface area contributed by atoms with E-state index in [0.29, 0.717) is 63.1 Å². The van der Waals surface area contributed by atoms with Crippen molar-refractivity contribution in [1.29, 1.82) is 0 Å². The van der Waals surface area contributed by atoms with Gasteiger partial charge in [-0.3, -0.25) is 4.79 Å². The van der Waals surface area contributed by atoms with E-state index < -0.39 is 0 Å². The molecule has 0 heterocycles. The van der Waals surface area contributed by atoms with Crippen LogP contribution in [0.4, 0.5) is 0 Å².